The third-order valence-corrected chi connectivity index (χ3v) is 6.37. The van der Waals surface area contributed by atoms with Gasteiger partial charge in [0.1, 0.15) is 18.1 Å². The zero-order valence-corrected chi connectivity index (χ0v) is 20.1. The number of hydrogen-bond acceptors (Lipinski definition) is 7. The Balaban J connectivity index is 1.48. The lowest BCUT2D eigenvalue weighted by Gasteiger charge is -2.13. The third-order valence-electron chi connectivity index (χ3n) is 5.46. The summed E-state index contributed by atoms with van der Waals surface area (Å²) in [6, 6.07) is 15.6. The first-order valence-electron chi connectivity index (χ1n) is 10.7. The normalized spacial score (nSPS) is 14.5. The van der Waals surface area contributed by atoms with Crippen LogP contribution in [0, 0.1) is 13.8 Å². The van der Waals surface area contributed by atoms with Gasteiger partial charge in [-0.3, -0.25) is 19.3 Å². The highest BCUT2D eigenvalue weighted by Gasteiger charge is 2.36. The molecule has 0 atom stereocenters. The quantitative estimate of drug-likeness (QED) is 0.382. The Labute approximate surface area is 205 Å². The molecule has 2 aromatic carbocycles. The zero-order chi connectivity index (χ0) is 25.1. The molecule has 35 heavy (non-hydrogen) atoms. The van der Waals surface area contributed by atoms with E-state index in [1.54, 1.807) is 42.5 Å². The van der Waals surface area contributed by atoms with E-state index in [1.807, 2.05) is 26.0 Å². The second-order valence-electron chi connectivity index (χ2n) is 7.85. The summed E-state index contributed by atoms with van der Waals surface area (Å²) >= 11 is 0.730. The molecule has 8 nitrogen and oxygen atoms in total. The molecule has 3 aromatic rings. The first-order valence-corrected chi connectivity index (χ1v) is 11.5. The summed E-state index contributed by atoms with van der Waals surface area (Å²) in [6.45, 7) is 3.50. The van der Waals surface area contributed by atoms with Gasteiger partial charge >= 0.3 is 5.97 Å². The number of carbonyl (C=O) groups is 4. The van der Waals surface area contributed by atoms with Gasteiger partial charge in [-0.1, -0.05) is 24.3 Å². The number of nitrogens with zero attached hydrogens (tertiary/aromatic N) is 1. The van der Waals surface area contributed by atoms with E-state index in [0.29, 0.717) is 28.3 Å². The smallest absolute Gasteiger partial charge is 0.338 e. The number of rotatable bonds is 6. The van der Waals surface area contributed by atoms with Crippen LogP contribution in [-0.2, 0) is 14.3 Å². The highest BCUT2D eigenvalue weighted by atomic mass is 32.2. The average molecular weight is 491 g/mol. The molecule has 1 aliphatic rings. The highest BCUT2D eigenvalue weighted by Crippen LogP contribution is 2.34. The van der Waals surface area contributed by atoms with Crippen LogP contribution in [-0.4, -0.2) is 41.6 Å². The number of amides is 3. The van der Waals surface area contributed by atoms with Crippen molar-refractivity contribution in [2.45, 2.75) is 13.8 Å². The van der Waals surface area contributed by atoms with Crippen LogP contribution in [0.1, 0.15) is 27.2 Å². The number of imide groups is 1. The number of ether oxygens (including phenoxy) is 1. The number of thioether (sulfide) groups is 1. The fraction of sp³-hybridized carbons (Fsp3) is 0.154. The fourth-order valence-corrected chi connectivity index (χ4v) is 4.31. The molecule has 1 aliphatic heterocycles. The Morgan fingerprint density at radius 3 is 2.57 bits per heavy atom. The first kappa shape index (κ1) is 24.0. The van der Waals surface area contributed by atoms with Gasteiger partial charge in [0.15, 0.2) is 0 Å². The minimum atomic E-state index is -0.580. The molecule has 1 N–H and O–H groups in total. The van der Waals surface area contributed by atoms with Crippen LogP contribution >= 0.6 is 11.8 Å². The van der Waals surface area contributed by atoms with Crippen molar-refractivity contribution >= 4 is 46.5 Å². The van der Waals surface area contributed by atoms with E-state index in [2.05, 4.69) is 5.32 Å². The minimum Gasteiger partial charge on any atom is -0.465 e. The molecule has 1 aromatic heterocycles. The Morgan fingerprint density at radius 1 is 1.06 bits per heavy atom. The summed E-state index contributed by atoms with van der Waals surface area (Å²) < 4.78 is 10.6. The Morgan fingerprint density at radius 2 is 1.83 bits per heavy atom. The number of aryl methyl sites for hydroxylation is 2. The van der Waals surface area contributed by atoms with Gasteiger partial charge in [-0.25, -0.2) is 4.79 Å². The van der Waals surface area contributed by atoms with Crippen molar-refractivity contribution in [3.63, 3.8) is 0 Å². The summed E-state index contributed by atoms with van der Waals surface area (Å²) in [6.07, 6.45) is 1.44. The molecule has 4 rings (SSSR count). The molecule has 0 unspecified atom stereocenters. The average Bonchev–Trinajstić information content (AvgIpc) is 3.41. The van der Waals surface area contributed by atoms with Gasteiger partial charge in [0.2, 0.25) is 5.91 Å². The van der Waals surface area contributed by atoms with E-state index >= 15 is 0 Å². The molecule has 9 heteroatoms. The zero-order valence-electron chi connectivity index (χ0n) is 19.3. The van der Waals surface area contributed by atoms with Gasteiger partial charge < -0.3 is 14.5 Å². The van der Waals surface area contributed by atoms with Crippen molar-refractivity contribution in [2.24, 2.45) is 0 Å². The van der Waals surface area contributed by atoms with Crippen molar-refractivity contribution in [3.05, 3.63) is 82.0 Å². The molecule has 0 bridgehead atoms. The van der Waals surface area contributed by atoms with Crippen molar-refractivity contribution in [3.8, 4) is 11.3 Å². The first-order chi connectivity index (χ1) is 16.8. The maximum Gasteiger partial charge on any atom is 0.338 e. The van der Waals surface area contributed by atoms with E-state index in [1.165, 1.54) is 13.2 Å². The van der Waals surface area contributed by atoms with E-state index in [0.717, 1.165) is 27.8 Å². The summed E-state index contributed by atoms with van der Waals surface area (Å²) in [5.41, 5.74) is 3.58. The van der Waals surface area contributed by atoms with Crippen LogP contribution < -0.4 is 5.32 Å². The van der Waals surface area contributed by atoms with Crippen LogP contribution in [0.25, 0.3) is 17.4 Å². The van der Waals surface area contributed by atoms with Gasteiger partial charge in [0, 0.05) is 17.3 Å². The maximum atomic E-state index is 12.8. The van der Waals surface area contributed by atoms with Crippen molar-refractivity contribution in [1.82, 2.24) is 4.90 Å². The lowest BCUT2D eigenvalue weighted by molar-refractivity contribution is -0.127. The summed E-state index contributed by atoms with van der Waals surface area (Å²) in [7, 11) is 1.30. The minimum absolute atomic E-state index is 0.135. The predicted molar refractivity (Wildman–Crippen MR) is 133 cm³/mol. The molecule has 0 radical (unpaired) electrons. The standard InChI is InChI=1S/C26H22N2O6S/c1-15-8-9-17(12-16(15)2)27-23(29)14-28-24(30)22(35-26(28)32)13-18-10-11-21(34-18)19-6-4-5-7-20(19)25(31)33-3/h4-13H,14H2,1-3H3,(H,27,29)/b22-13+. The number of hydrogen-bond donors (Lipinski definition) is 1. The molecular weight excluding hydrogens is 468 g/mol. The number of anilines is 1. The Bertz CT molecular complexity index is 1370. The van der Waals surface area contributed by atoms with E-state index in [-0.39, 0.29) is 4.91 Å². The third kappa shape index (κ3) is 5.20. The molecule has 0 saturated carbocycles. The SMILES string of the molecule is COC(=O)c1ccccc1-c1ccc(/C=C2/SC(=O)N(CC(=O)Nc3ccc(C)c(C)c3)C2=O)o1. The van der Waals surface area contributed by atoms with Crippen LogP contribution in [0.2, 0.25) is 0 Å². The topological polar surface area (TPSA) is 106 Å². The van der Waals surface area contributed by atoms with Crippen LogP contribution in [0.5, 0.6) is 0 Å². The van der Waals surface area contributed by atoms with Crippen LogP contribution in [0.3, 0.4) is 0 Å². The number of benzene rings is 2. The monoisotopic (exact) mass is 490 g/mol. The van der Waals surface area contributed by atoms with Crippen LogP contribution in [0.4, 0.5) is 10.5 Å². The molecular formula is C26H22N2O6S. The van der Waals surface area contributed by atoms with Gasteiger partial charge in [0.25, 0.3) is 11.1 Å². The lowest BCUT2D eigenvalue weighted by atomic mass is 10.1. The number of methoxy groups -OCH3 is 1. The largest absolute Gasteiger partial charge is 0.465 e. The number of furan rings is 1. The number of carbonyl (C=O) groups excluding carboxylic acids is 4. The molecule has 3 amide bonds. The molecule has 1 fully saturated rings. The van der Waals surface area contributed by atoms with Gasteiger partial charge in [-0.15, -0.1) is 0 Å². The number of nitrogens with one attached hydrogen (secondary N) is 1. The maximum absolute atomic E-state index is 12.8. The highest BCUT2D eigenvalue weighted by molar-refractivity contribution is 8.18. The van der Waals surface area contributed by atoms with Gasteiger partial charge in [0.05, 0.1) is 17.6 Å². The molecule has 1 saturated heterocycles. The molecule has 0 aliphatic carbocycles. The molecule has 2 heterocycles. The Kier molecular flexibility index (Phi) is 6.88. The second kappa shape index (κ2) is 10.0. The summed E-state index contributed by atoms with van der Waals surface area (Å²) in [4.78, 5) is 50.7. The van der Waals surface area contributed by atoms with E-state index in [9.17, 15) is 19.2 Å². The fourth-order valence-electron chi connectivity index (χ4n) is 3.49. The van der Waals surface area contributed by atoms with Crippen molar-refractivity contribution < 1.29 is 28.3 Å². The summed E-state index contributed by atoms with van der Waals surface area (Å²) in [5, 5.41) is 2.17. The Hall–Kier alpha value is -4.11. The number of esters is 1. The van der Waals surface area contributed by atoms with Crippen molar-refractivity contribution in [1.29, 1.82) is 0 Å². The van der Waals surface area contributed by atoms with Crippen molar-refractivity contribution in [2.75, 3.05) is 19.0 Å². The van der Waals surface area contributed by atoms with Gasteiger partial charge in [-0.05, 0) is 67.1 Å². The molecule has 0 spiro atoms. The van der Waals surface area contributed by atoms with E-state index in [4.69, 9.17) is 9.15 Å². The van der Waals surface area contributed by atoms with Crippen LogP contribution in [0.15, 0.2) is 63.9 Å². The lowest BCUT2D eigenvalue weighted by Crippen LogP contribution is -2.36. The summed E-state index contributed by atoms with van der Waals surface area (Å²) in [5.74, 6) is -0.826. The predicted octanol–water partition coefficient (Wildman–Crippen LogP) is 5.03. The van der Waals surface area contributed by atoms with E-state index < -0.39 is 29.6 Å². The second-order valence-corrected chi connectivity index (χ2v) is 8.85. The van der Waals surface area contributed by atoms with Gasteiger partial charge in [-0.2, -0.15) is 0 Å². The molecule has 178 valence electrons.